The van der Waals surface area contributed by atoms with Crippen molar-refractivity contribution in [2.45, 2.75) is 148 Å². The lowest BCUT2D eigenvalue weighted by molar-refractivity contribution is -0.118. The Labute approximate surface area is 205 Å². The van der Waals surface area contributed by atoms with Crippen molar-refractivity contribution in [3.63, 3.8) is 0 Å². The van der Waals surface area contributed by atoms with Crippen LogP contribution < -0.4 is 4.90 Å². The molecule has 0 aliphatic carbocycles. The largest absolute Gasteiger partial charge is 0.312 e. The fourth-order valence-corrected chi connectivity index (χ4v) is 5.28. The molecule has 1 aliphatic rings. The van der Waals surface area contributed by atoms with Crippen LogP contribution in [0.4, 0.5) is 5.69 Å². The lowest BCUT2D eigenvalue weighted by Crippen LogP contribution is -2.35. The van der Waals surface area contributed by atoms with Crippen LogP contribution in [0.25, 0.3) is 0 Å². The minimum absolute atomic E-state index is 0.328. The van der Waals surface area contributed by atoms with E-state index in [4.69, 9.17) is 0 Å². The van der Waals surface area contributed by atoms with E-state index in [1.807, 2.05) is 4.90 Å². The van der Waals surface area contributed by atoms with Gasteiger partial charge in [0.25, 0.3) is 0 Å². The van der Waals surface area contributed by atoms with Crippen LogP contribution in [0.2, 0.25) is 0 Å². The van der Waals surface area contributed by atoms with Gasteiger partial charge in [-0.2, -0.15) is 0 Å². The summed E-state index contributed by atoms with van der Waals surface area (Å²) in [7, 11) is 0. The van der Waals surface area contributed by atoms with Gasteiger partial charge in [-0.1, -0.05) is 141 Å². The summed E-state index contributed by atoms with van der Waals surface area (Å²) < 4.78 is 0. The summed E-state index contributed by atoms with van der Waals surface area (Å²) >= 11 is 0. The molecule has 0 bridgehead atoms. The second-order valence-corrected chi connectivity index (χ2v) is 10.4. The number of rotatable bonds is 20. The van der Waals surface area contributed by atoms with Crippen LogP contribution in [0.1, 0.15) is 147 Å². The average molecular weight is 456 g/mol. The van der Waals surface area contributed by atoms with E-state index >= 15 is 0 Å². The third-order valence-electron chi connectivity index (χ3n) is 7.41. The van der Waals surface area contributed by atoms with Gasteiger partial charge in [-0.25, -0.2) is 0 Å². The number of fused-ring (bicyclic) bond motifs is 1. The standard InChI is InChI=1S/C31H53NO/c1-2-3-4-5-6-7-8-9-10-11-12-13-14-15-16-17-18-19-20-27-31(33)32-28-23-25-29-24-21-22-26-30(29)32/h21-22,24,26H,2-20,23,25,27-28H2,1H3. The van der Waals surface area contributed by atoms with Gasteiger partial charge in [0.15, 0.2) is 0 Å². The predicted octanol–water partition coefficient (Wildman–Crippen LogP) is 9.79. The summed E-state index contributed by atoms with van der Waals surface area (Å²) in [5, 5.41) is 0. The minimum Gasteiger partial charge on any atom is -0.312 e. The topological polar surface area (TPSA) is 20.3 Å². The lowest BCUT2D eigenvalue weighted by Gasteiger charge is -2.29. The summed E-state index contributed by atoms with van der Waals surface area (Å²) in [5.41, 5.74) is 2.50. The third kappa shape index (κ3) is 12.6. The number of para-hydroxylation sites is 1. The Hall–Kier alpha value is -1.31. The first kappa shape index (κ1) is 27.9. The number of aryl methyl sites for hydroxylation is 1. The molecule has 1 amide bonds. The number of unbranched alkanes of at least 4 members (excludes halogenated alkanes) is 18. The van der Waals surface area contributed by atoms with Crippen LogP contribution >= 0.6 is 0 Å². The number of anilines is 1. The average Bonchev–Trinajstić information content (AvgIpc) is 2.85. The van der Waals surface area contributed by atoms with Gasteiger partial charge < -0.3 is 4.90 Å². The normalized spacial score (nSPS) is 13.3. The first-order valence-electron chi connectivity index (χ1n) is 14.7. The van der Waals surface area contributed by atoms with Gasteiger partial charge in [0.2, 0.25) is 5.91 Å². The Morgan fingerprint density at radius 3 is 1.64 bits per heavy atom. The van der Waals surface area contributed by atoms with Crippen molar-refractivity contribution >= 4 is 11.6 Å². The van der Waals surface area contributed by atoms with E-state index in [0.717, 1.165) is 31.5 Å². The van der Waals surface area contributed by atoms with Crippen LogP contribution in [0.5, 0.6) is 0 Å². The molecule has 0 spiro atoms. The maximum Gasteiger partial charge on any atom is 0.226 e. The van der Waals surface area contributed by atoms with Crippen molar-refractivity contribution in [1.82, 2.24) is 0 Å². The highest BCUT2D eigenvalue weighted by Crippen LogP contribution is 2.27. The molecule has 0 atom stereocenters. The van der Waals surface area contributed by atoms with E-state index in [2.05, 4.69) is 31.2 Å². The Balaban J connectivity index is 1.32. The monoisotopic (exact) mass is 455 g/mol. The highest BCUT2D eigenvalue weighted by atomic mass is 16.2. The minimum atomic E-state index is 0.328. The molecule has 1 heterocycles. The van der Waals surface area contributed by atoms with E-state index in [1.54, 1.807) is 0 Å². The number of nitrogens with zero attached hydrogens (tertiary/aromatic N) is 1. The van der Waals surface area contributed by atoms with Crippen LogP contribution in [0, 0.1) is 0 Å². The molecule has 33 heavy (non-hydrogen) atoms. The van der Waals surface area contributed by atoms with Crippen molar-refractivity contribution in [3.05, 3.63) is 29.8 Å². The molecule has 1 aliphatic heterocycles. The molecule has 1 aromatic rings. The Morgan fingerprint density at radius 2 is 1.12 bits per heavy atom. The van der Waals surface area contributed by atoms with Gasteiger partial charge in [-0.15, -0.1) is 0 Å². The zero-order valence-corrected chi connectivity index (χ0v) is 21.9. The zero-order chi connectivity index (χ0) is 23.4. The van der Waals surface area contributed by atoms with Crippen molar-refractivity contribution in [1.29, 1.82) is 0 Å². The van der Waals surface area contributed by atoms with Crippen molar-refractivity contribution in [3.8, 4) is 0 Å². The quantitative estimate of drug-likeness (QED) is 0.179. The van der Waals surface area contributed by atoms with E-state index < -0.39 is 0 Å². The molecule has 0 unspecified atom stereocenters. The summed E-state index contributed by atoms with van der Waals surface area (Å²) in [6.45, 7) is 3.19. The highest BCUT2D eigenvalue weighted by molar-refractivity contribution is 5.94. The Bertz CT molecular complexity index is 611. The first-order valence-corrected chi connectivity index (χ1v) is 14.7. The molecule has 2 nitrogen and oxygen atoms in total. The lowest BCUT2D eigenvalue weighted by atomic mass is 10.0. The van der Waals surface area contributed by atoms with E-state index in [9.17, 15) is 4.79 Å². The Kier molecular flexibility index (Phi) is 16.1. The smallest absolute Gasteiger partial charge is 0.226 e. The van der Waals surface area contributed by atoms with E-state index in [1.165, 1.54) is 121 Å². The molecule has 0 saturated heterocycles. The maximum absolute atomic E-state index is 12.7. The number of carbonyl (C=O) groups is 1. The molecule has 0 saturated carbocycles. The van der Waals surface area contributed by atoms with Gasteiger partial charge >= 0.3 is 0 Å². The summed E-state index contributed by atoms with van der Waals surface area (Å²) in [4.78, 5) is 14.7. The molecule has 0 N–H and O–H groups in total. The predicted molar refractivity (Wildman–Crippen MR) is 145 cm³/mol. The summed E-state index contributed by atoms with van der Waals surface area (Å²) in [6, 6.07) is 8.43. The second kappa shape index (κ2) is 19.0. The van der Waals surface area contributed by atoms with E-state index in [-0.39, 0.29) is 0 Å². The number of benzene rings is 1. The van der Waals surface area contributed by atoms with Gasteiger partial charge in [0.1, 0.15) is 0 Å². The van der Waals surface area contributed by atoms with Crippen molar-refractivity contribution < 1.29 is 4.79 Å². The van der Waals surface area contributed by atoms with Gasteiger partial charge in [-0.3, -0.25) is 4.79 Å². The van der Waals surface area contributed by atoms with Gasteiger partial charge in [0, 0.05) is 18.7 Å². The van der Waals surface area contributed by atoms with Crippen LogP contribution in [0.3, 0.4) is 0 Å². The number of amides is 1. The van der Waals surface area contributed by atoms with Gasteiger partial charge in [0.05, 0.1) is 0 Å². The SMILES string of the molecule is CCCCCCCCCCCCCCCCCCCCCC(=O)N1CCCc2ccccc21. The molecule has 1 aromatic carbocycles. The molecule has 0 fully saturated rings. The number of carbonyl (C=O) groups excluding carboxylic acids is 1. The highest BCUT2D eigenvalue weighted by Gasteiger charge is 2.21. The van der Waals surface area contributed by atoms with Crippen LogP contribution in [0.15, 0.2) is 24.3 Å². The third-order valence-corrected chi connectivity index (χ3v) is 7.41. The number of hydrogen-bond donors (Lipinski definition) is 0. The maximum atomic E-state index is 12.7. The summed E-state index contributed by atoms with van der Waals surface area (Å²) in [6.07, 6.45) is 29.3. The Morgan fingerprint density at radius 1 is 0.667 bits per heavy atom. The number of hydrogen-bond acceptors (Lipinski definition) is 1. The van der Waals surface area contributed by atoms with Gasteiger partial charge in [-0.05, 0) is 30.9 Å². The van der Waals surface area contributed by atoms with E-state index in [0.29, 0.717) is 12.3 Å². The zero-order valence-electron chi connectivity index (χ0n) is 21.9. The molecule has 2 heteroatoms. The molecule has 188 valence electrons. The molecular weight excluding hydrogens is 402 g/mol. The molecule has 2 rings (SSSR count). The molecular formula is C31H53NO. The fraction of sp³-hybridized carbons (Fsp3) is 0.774. The molecule has 0 aromatic heterocycles. The molecule has 0 radical (unpaired) electrons. The van der Waals surface area contributed by atoms with Crippen molar-refractivity contribution in [2.75, 3.05) is 11.4 Å². The first-order chi connectivity index (χ1) is 16.3. The van der Waals surface area contributed by atoms with Crippen LogP contribution in [-0.2, 0) is 11.2 Å². The van der Waals surface area contributed by atoms with Crippen LogP contribution in [-0.4, -0.2) is 12.5 Å². The second-order valence-electron chi connectivity index (χ2n) is 10.4. The summed E-state index contributed by atoms with van der Waals surface area (Å²) in [5.74, 6) is 0.328. The fourth-order valence-electron chi connectivity index (χ4n) is 5.28. The van der Waals surface area contributed by atoms with Crippen molar-refractivity contribution in [2.24, 2.45) is 0 Å².